The zero-order valence-corrected chi connectivity index (χ0v) is 11.9. The maximum atomic E-state index is 5.76. The molecule has 0 radical (unpaired) electrons. The average molecular weight is 269 g/mol. The summed E-state index contributed by atoms with van der Waals surface area (Å²) in [5.74, 6) is 0.994. The fourth-order valence-electron chi connectivity index (χ4n) is 2.44. The molecule has 0 spiro atoms. The minimum Gasteiger partial charge on any atom is -0.461 e. The van der Waals surface area contributed by atoms with Crippen molar-refractivity contribution >= 4 is 11.0 Å². The van der Waals surface area contributed by atoms with Gasteiger partial charge in [-0.2, -0.15) is 5.10 Å². The monoisotopic (exact) mass is 269 g/mol. The summed E-state index contributed by atoms with van der Waals surface area (Å²) in [6.07, 6.45) is 3.94. The lowest BCUT2D eigenvalue weighted by Crippen LogP contribution is -2.19. The maximum Gasteiger partial charge on any atom is 0.134 e. The summed E-state index contributed by atoms with van der Waals surface area (Å²) >= 11 is 0. The van der Waals surface area contributed by atoms with E-state index in [1.165, 1.54) is 16.5 Å². The number of nitrogens with one attached hydrogen (secondary N) is 1. The van der Waals surface area contributed by atoms with Gasteiger partial charge in [0.25, 0.3) is 0 Å². The van der Waals surface area contributed by atoms with Gasteiger partial charge in [-0.1, -0.05) is 18.2 Å². The third-order valence-electron chi connectivity index (χ3n) is 3.48. The van der Waals surface area contributed by atoms with E-state index in [1.54, 1.807) is 0 Å². The molecule has 0 saturated carbocycles. The molecule has 2 aromatic heterocycles. The van der Waals surface area contributed by atoms with E-state index >= 15 is 0 Å². The fourth-order valence-corrected chi connectivity index (χ4v) is 2.44. The first-order valence-electron chi connectivity index (χ1n) is 6.91. The van der Waals surface area contributed by atoms with Crippen LogP contribution >= 0.6 is 0 Å². The molecule has 20 heavy (non-hydrogen) atoms. The van der Waals surface area contributed by atoms with Crippen LogP contribution in [-0.2, 0) is 13.1 Å². The lowest BCUT2D eigenvalue weighted by atomic mass is 10.1. The minimum atomic E-state index is 0.823. The molecule has 3 aromatic rings. The van der Waals surface area contributed by atoms with Gasteiger partial charge in [0.2, 0.25) is 0 Å². The summed E-state index contributed by atoms with van der Waals surface area (Å²) in [6, 6.07) is 8.17. The summed E-state index contributed by atoms with van der Waals surface area (Å²) in [5.41, 5.74) is 3.41. The third-order valence-corrected chi connectivity index (χ3v) is 3.48. The van der Waals surface area contributed by atoms with Crippen LogP contribution in [0.5, 0.6) is 0 Å². The number of aromatic nitrogens is 2. The number of hydrogen-bond acceptors (Lipinski definition) is 3. The predicted octanol–water partition coefficient (Wildman–Crippen LogP) is 3.04. The molecule has 0 unspecified atom stereocenters. The van der Waals surface area contributed by atoms with E-state index in [-0.39, 0.29) is 0 Å². The van der Waals surface area contributed by atoms with Gasteiger partial charge in [-0.3, -0.25) is 4.68 Å². The van der Waals surface area contributed by atoms with E-state index in [2.05, 4.69) is 29.6 Å². The van der Waals surface area contributed by atoms with Gasteiger partial charge in [-0.25, -0.2) is 0 Å². The zero-order chi connectivity index (χ0) is 13.9. The van der Waals surface area contributed by atoms with Crippen molar-refractivity contribution in [1.29, 1.82) is 0 Å². The molecule has 3 rings (SSSR count). The summed E-state index contributed by atoms with van der Waals surface area (Å²) < 4.78 is 7.72. The zero-order valence-electron chi connectivity index (χ0n) is 11.9. The van der Waals surface area contributed by atoms with Gasteiger partial charge in [0.15, 0.2) is 0 Å². The molecule has 4 nitrogen and oxygen atoms in total. The first kappa shape index (κ1) is 12.9. The molecule has 0 aliphatic carbocycles. The highest BCUT2D eigenvalue weighted by atomic mass is 16.3. The van der Waals surface area contributed by atoms with Crippen LogP contribution in [-0.4, -0.2) is 16.3 Å². The lowest BCUT2D eigenvalue weighted by molar-refractivity contribution is 0.541. The Labute approximate surface area is 118 Å². The second kappa shape index (κ2) is 5.51. The van der Waals surface area contributed by atoms with Gasteiger partial charge in [-0.05, 0) is 25.5 Å². The van der Waals surface area contributed by atoms with Crippen LogP contribution in [0.25, 0.3) is 11.0 Å². The number of rotatable bonds is 5. The topological polar surface area (TPSA) is 43.0 Å². The van der Waals surface area contributed by atoms with Crippen LogP contribution < -0.4 is 5.32 Å². The molecule has 4 heteroatoms. The van der Waals surface area contributed by atoms with Gasteiger partial charge < -0.3 is 9.73 Å². The highest BCUT2D eigenvalue weighted by Gasteiger charge is 2.09. The minimum absolute atomic E-state index is 0.823. The van der Waals surface area contributed by atoms with Gasteiger partial charge in [-0.15, -0.1) is 0 Å². The van der Waals surface area contributed by atoms with Crippen molar-refractivity contribution in [2.24, 2.45) is 0 Å². The summed E-state index contributed by atoms with van der Waals surface area (Å²) in [5, 5.41) is 8.93. The van der Waals surface area contributed by atoms with E-state index in [4.69, 9.17) is 4.42 Å². The summed E-state index contributed by atoms with van der Waals surface area (Å²) in [6.45, 7) is 6.66. The van der Waals surface area contributed by atoms with Crippen molar-refractivity contribution in [3.05, 3.63) is 53.5 Å². The van der Waals surface area contributed by atoms with E-state index in [0.717, 1.165) is 31.0 Å². The number of aryl methyl sites for hydroxylation is 2. The summed E-state index contributed by atoms with van der Waals surface area (Å²) in [4.78, 5) is 0. The van der Waals surface area contributed by atoms with E-state index in [9.17, 15) is 0 Å². The Bertz CT molecular complexity index is 711. The van der Waals surface area contributed by atoms with Crippen molar-refractivity contribution in [2.75, 3.05) is 6.54 Å². The second-order valence-electron chi connectivity index (χ2n) is 5.09. The number of furan rings is 1. The third kappa shape index (κ3) is 2.60. The number of nitrogens with zero attached hydrogens (tertiary/aromatic N) is 2. The molecule has 0 aliphatic rings. The van der Waals surface area contributed by atoms with Crippen molar-refractivity contribution < 1.29 is 4.42 Å². The first-order valence-corrected chi connectivity index (χ1v) is 6.91. The van der Waals surface area contributed by atoms with Crippen LogP contribution in [0.2, 0.25) is 0 Å². The Morgan fingerprint density at radius 2 is 2.10 bits per heavy atom. The Balaban J connectivity index is 1.61. The Kier molecular flexibility index (Phi) is 3.56. The van der Waals surface area contributed by atoms with Crippen LogP contribution in [0, 0.1) is 13.8 Å². The highest BCUT2D eigenvalue weighted by molar-refractivity contribution is 5.82. The molecule has 0 atom stereocenters. The quantitative estimate of drug-likeness (QED) is 0.724. The van der Waals surface area contributed by atoms with Crippen molar-refractivity contribution in [3.8, 4) is 0 Å². The predicted molar refractivity (Wildman–Crippen MR) is 79.6 cm³/mol. The fraction of sp³-hybridized carbons (Fsp3) is 0.312. The Morgan fingerprint density at radius 3 is 2.90 bits per heavy atom. The van der Waals surface area contributed by atoms with Crippen molar-refractivity contribution in [2.45, 2.75) is 26.9 Å². The molecule has 2 heterocycles. The largest absolute Gasteiger partial charge is 0.461 e. The van der Waals surface area contributed by atoms with Gasteiger partial charge in [0.05, 0.1) is 12.7 Å². The standard InChI is InChI=1S/C16H19N3O/c1-12-9-18-19(11-12)8-7-17-10-15-13(2)20-16-6-4-3-5-14(15)16/h3-6,9,11,17H,7-8,10H2,1-2H3. The lowest BCUT2D eigenvalue weighted by Gasteiger charge is -2.05. The second-order valence-corrected chi connectivity index (χ2v) is 5.09. The molecule has 0 fully saturated rings. The molecular weight excluding hydrogens is 250 g/mol. The molecule has 0 saturated heterocycles. The molecule has 1 aromatic carbocycles. The normalized spacial score (nSPS) is 11.3. The maximum absolute atomic E-state index is 5.76. The van der Waals surface area contributed by atoms with Crippen LogP contribution in [0.15, 0.2) is 41.1 Å². The van der Waals surface area contributed by atoms with Crippen LogP contribution in [0.4, 0.5) is 0 Å². The Morgan fingerprint density at radius 1 is 1.25 bits per heavy atom. The average Bonchev–Trinajstić information content (AvgIpc) is 2.98. The van der Waals surface area contributed by atoms with Gasteiger partial charge in [0.1, 0.15) is 11.3 Å². The number of benzene rings is 1. The smallest absolute Gasteiger partial charge is 0.134 e. The number of fused-ring (bicyclic) bond motifs is 1. The van der Waals surface area contributed by atoms with E-state index in [0.29, 0.717) is 0 Å². The van der Waals surface area contributed by atoms with Crippen LogP contribution in [0.3, 0.4) is 0 Å². The van der Waals surface area contributed by atoms with E-state index < -0.39 is 0 Å². The Hall–Kier alpha value is -2.07. The van der Waals surface area contributed by atoms with Gasteiger partial charge >= 0.3 is 0 Å². The molecular formula is C16H19N3O. The molecule has 0 aliphatic heterocycles. The highest BCUT2D eigenvalue weighted by Crippen LogP contribution is 2.24. The van der Waals surface area contributed by atoms with Crippen LogP contribution in [0.1, 0.15) is 16.9 Å². The molecule has 0 amide bonds. The van der Waals surface area contributed by atoms with E-state index in [1.807, 2.05) is 36.0 Å². The summed E-state index contributed by atoms with van der Waals surface area (Å²) in [7, 11) is 0. The SMILES string of the molecule is Cc1cnn(CCNCc2c(C)oc3ccccc23)c1. The number of hydrogen-bond donors (Lipinski definition) is 1. The molecule has 1 N–H and O–H groups in total. The first-order chi connectivity index (χ1) is 9.74. The van der Waals surface area contributed by atoms with Gasteiger partial charge in [0, 0.05) is 30.2 Å². The molecule has 104 valence electrons. The molecule has 0 bridgehead atoms. The van der Waals surface area contributed by atoms with Crippen molar-refractivity contribution in [1.82, 2.24) is 15.1 Å². The van der Waals surface area contributed by atoms with Crippen molar-refractivity contribution in [3.63, 3.8) is 0 Å². The number of para-hydroxylation sites is 1.